The Balaban J connectivity index is 2.11. The number of carbonyl (C=O) groups excluding carboxylic acids is 1. The number of carboxylic acid groups (broad SMARTS) is 1. The van der Waals surface area contributed by atoms with Crippen molar-refractivity contribution in [1.29, 1.82) is 0 Å². The monoisotopic (exact) mass is 306 g/mol. The maximum Gasteiger partial charge on any atom is 0.307 e. The molecule has 22 heavy (non-hydrogen) atoms. The lowest BCUT2D eigenvalue weighted by Crippen LogP contribution is -2.11. The molecule has 0 aliphatic rings. The summed E-state index contributed by atoms with van der Waals surface area (Å²) in [6.45, 7) is 3.83. The topological polar surface area (TPSA) is 92.4 Å². The van der Waals surface area contributed by atoms with Gasteiger partial charge in [0.2, 0.25) is 5.76 Å². The van der Waals surface area contributed by atoms with Crippen LogP contribution in [0.25, 0.3) is 0 Å². The lowest BCUT2D eigenvalue weighted by molar-refractivity contribution is -0.136. The van der Waals surface area contributed by atoms with Crippen molar-refractivity contribution in [3.8, 4) is 0 Å². The molecule has 0 saturated heterocycles. The number of anilines is 1. The quantitative estimate of drug-likeness (QED) is 0.886. The molecule has 1 aromatic heterocycles. The average molecular weight is 306 g/mol. The van der Waals surface area contributed by atoms with E-state index in [4.69, 9.17) is 9.63 Å². The van der Waals surface area contributed by atoms with Crippen molar-refractivity contribution in [1.82, 2.24) is 5.16 Å². The molecule has 1 aromatic carbocycles. The van der Waals surface area contributed by atoms with E-state index in [9.17, 15) is 14.0 Å². The molecular weight excluding hydrogens is 291 g/mol. The molecule has 7 heteroatoms. The van der Waals surface area contributed by atoms with E-state index in [1.807, 2.05) is 13.8 Å². The molecule has 0 radical (unpaired) electrons. The molecule has 2 rings (SSSR count). The Kier molecular flexibility index (Phi) is 4.55. The molecule has 1 amide bonds. The van der Waals surface area contributed by atoms with Gasteiger partial charge in [0, 0.05) is 11.8 Å². The Labute approximate surface area is 125 Å². The van der Waals surface area contributed by atoms with Crippen molar-refractivity contribution in [3.05, 3.63) is 47.1 Å². The molecule has 0 unspecified atom stereocenters. The van der Waals surface area contributed by atoms with Gasteiger partial charge >= 0.3 is 5.97 Å². The number of nitrogens with zero attached hydrogens (tertiary/aromatic N) is 1. The van der Waals surface area contributed by atoms with E-state index in [1.54, 1.807) is 0 Å². The van der Waals surface area contributed by atoms with Crippen molar-refractivity contribution in [2.24, 2.45) is 0 Å². The zero-order valence-electron chi connectivity index (χ0n) is 12.1. The maximum atomic E-state index is 13.7. The number of amides is 1. The number of aliphatic carboxylic acids is 1. The van der Waals surface area contributed by atoms with E-state index >= 15 is 0 Å². The fraction of sp³-hybridized carbons (Fsp3) is 0.267. The normalized spacial score (nSPS) is 10.7. The number of halogens is 1. The van der Waals surface area contributed by atoms with Gasteiger partial charge in [-0.1, -0.05) is 25.1 Å². The minimum atomic E-state index is -1.13. The molecule has 1 heterocycles. The van der Waals surface area contributed by atoms with Gasteiger partial charge in [-0.3, -0.25) is 9.59 Å². The predicted octanol–water partition coefficient (Wildman–Crippen LogP) is 2.82. The van der Waals surface area contributed by atoms with Crippen LogP contribution in [0.5, 0.6) is 0 Å². The number of nitrogens with one attached hydrogen (secondary N) is 1. The first kappa shape index (κ1) is 15.7. The molecule has 0 atom stereocenters. The lowest BCUT2D eigenvalue weighted by atomic mass is 10.1. The zero-order valence-corrected chi connectivity index (χ0v) is 12.1. The summed E-state index contributed by atoms with van der Waals surface area (Å²) in [6.07, 6.45) is -0.417. The number of hydrogen-bond donors (Lipinski definition) is 2. The van der Waals surface area contributed by atoms with Gasteiger partial charge in [-0.25, -0.2) is 4.39 Å². The smallest absolute Gasteiger partial charge is 0.307 e. The van der Waals surface area contributed by atoms with Gasteiger partial charge in [0.05, 0.1) is 12.1 Å². The Morgan fingerprint density at radius 1 is 1.36 bits per heavy atom. The Morgan fingerprint density at radius 3 is 2.64 bits per heavy atom. The van der Waals surface area contributed by atoms with E-state index < -0.39 is 24.1 Å². The predicted molar refractivity (Wildman–Crippen MR) is 76.3 cm³/mol. The van der Waals surface area contributed by atoms with Gasteiger partial charge < -0.3 is 14.9 Å². The van der Waals surface area contributed by atoms with Crippen LogP contribution in [0.1, 0.15) is 41.6 Å². The Morgan fingerprint density at radius 2 is 2.09 bits per heavy atom. The average Bonchev–Trinajstić information content (AvgIpc) is 2.91. The second-order valence-corrected chi connectivity index (χ2v) is 5.10. The maximum absolute atomic E-state index is 13.7. The van der Waals surface area contributed by atoms with E-state index in [0.717, 1.165) is 6.07 Å². The summed E-state index contributed by atoms with van der Waals surface area (Å²) in [7, 11) is 0. The van der Waals surface area contributed by atoms with Crippen LogP contribution in [0.3, 0.4) is 0 Å². The van der Waals surface area contributed by atoms with Gasteiger partial charge in [0.1, 0.15) is 5.82 Å². The molecule has 2 aromatic rings. The highest BCUT2D eigenvalue weighted by atomic mass is 19.1. The third-order valence-corrected chi connectivity index (χ3v) is 3.00. The molecule has 116 valence electrons. The summed E-state index contributed by atoms with van der Waals surface area (Å²) in [5.41, 5.74) is 0.902. The molecule has 0 spiro atoms. The third-order valence-electron chi connectivity index (χ3n) is 3.00. The lowest BCUT2D eigenvalue weighted by Gasteiger charge is -2.05. The summed E-state index contributed by atoms with van der Waals surface area (Å²) in [4.78, 5) is 22.5. The SMILES string of the molecule is CC(C)c1cc(C(=O)Nc2ccc(CC(=O)O)c(F)c2)on1. The molecule has 0 aliphatic heterocycles. The summed E-state index contributed by atoms with van der Waals surface area (Å²) < 4.78 is 18.7. The van der Waals surface area contributed by atoms with Crippen LogP contribution in [0.4, 0.5) is 10.1 Å². The molecule has 0 aliphatic carbocycles. The second-order valence-electron chi connectivity index (χ2n) is 5.10. The number of carboxylic acids is 1. The van der Waals surface area contributed by atoms with Gasteiger partial charge in [0.15, 0.2) is 0 Å². The van der Waals surface area contributed by atoms with E-state index in [0.29, 0.717) is 5.69 Å². The molecule has 0 saturated carbocycles. The first-order valence-electron chi connectivity index (χ1n) is 6.65. The summed E-state index contributed by atoms with van der Waals surface area (Å²) in [6, 6.07) is 5.34. The van der Waals surface area contributed by atoms with E-state index in [1.165, 1.54) is 18.2 Å². The van der Waals surface area contributed by atoms with Crippen molar-refractivity contribution in [3.63, 3.8) is 0 Å². The van der Waals surface area contributed by atoms with Crippen molar-refractivity contribution >= 4 is 17.6 Å². The zero-order chi connectivity index (χ0) is 16.3. The van der Waals surface area contributed by atoms with Crippen LogP contribution in [0, 0.1) is 5.82 Å². The van der Waals surface area contributed by atoms with Crippen molar-refractivity contribution in [2.75, 3.05) is 5.32 Å². The number of carbonyl (C=O) groups is 2. The first-order chi connectivity index (χ1) is 10.4. The Bertz CT molecular complexity index is 709. The molecule has 2 N–H and O–H groups in total. The van der Waals surface area contributed by atoms with Gasteiger partial charge in [-0.05, 0) is 23.6 Å². The van der Waals surface area contributed by atoms with Gasteiger partial charge in [-0.2, -0.15) is 0 Å². The van der Waals surface area contributed by atoms with Crippen molar-refractivity contribution < 1.29 is 23.6 Å². The van der Waals surface area contributed by atoms with Crippen molar-refractivity contribution in [2.45, 2.75) is 26.2 Å². The minimum absolute atomic E-state index is 0.0266. The van der Waals surface area contributed by atoms with Crippen LogP contribution < -0.4 is 5.32 Å². The van der Waals surface area contributed by atoms with Gasteiger partial charge in [0.25, 0.3) is 5.91 Å². The van der Waals surface area contributed by atoms with Crippen LogP contribution in [0.2, 0.25) is 0 Å². The number of hydrogen-bond acceptors (Lipinski definition) is 4. The molecule has 6 nitrogen and oxygen atoms in total. The number of rotatable bonds is 5. The van der Waals surface area contributed by atoms with Crippen LogP contribution in [-0.4, -0.2) is 22.1 Å². The third kappa shape index (κ3) is 3.69. The largest absolute Gasteiger partial charge is 0.481 e. The number of aromatic nitrogens is 1. The molecule has 0 fully saturated rings. The number of benzene rings is 1. The van der Waals surface area contributed by atoms with Crippen LogP contribution in [-0.2, 0) is 11.2 Å². The van der Waals surface area contributed by atoms with Crippen LogP contribution >= 0.6 is 0 Å². The first-order valence-corrected chi connectivity index (χ1v) is 6.65. The highest BCUT2D eigenvalue weighted by Gasteiger charge is 2.16. The summed E-state index contributed by atoms with van der Waals surface area (Å²) >= 11 is 0. The summed E-state index contributed by atoms with van der Waals surface area (Å²) in [5.74, 6) is -2.22. The second kappa shape index (κ2) is 6.38. The fourth-order valence-electron chi connectivity index (χ4n) is 1.79. The minimum Gasteiger partial charge on any atom is -0.481 e. The summed E-state index contributed by atoms with van der Waals surface area (Å²) in [5, 5.41) is 14.9. The standard InChI is InChI=1S/C15H15FN2O4/c1-8(2)12-7-13(22-18-12)15(21)17-10-4-3-9(5-14(19)20)11(16)6-10/h3-4,6-8H,5H2,1-2H3,(H,17,21)(H,19,20). The molecular formula is C15H15FN2O4. The van der Waals surface area contributed by atoms with E-state index in [-0.39, 0.29) is 22.9 Å². The van der Waals surface area contributed by atoms with Gasteiger partial charge in [-0.15, -0.1) is 0 Å². The van der Waals surface area contributed by atoms with E-state index in [2.05, 4.69) is 10.5 Å². The Hall–Kier alpha value is -2.70. The molecule has 0 bridgehead atoms. The highest BCUT2D eigenvalue weighted by molar-refractivity contribution is 6.02. The van der Waals surface area contributed by atoms with Crippen LogP contribution in [0.15, 0.2) is 28.8 Å². The fourth-order valence-corrected chi connectivity index (χ4v) is 1.79. The highest BCUT2D eigenvalue weighted by Crippen LogP contribution is 2.18.